The van der Waals surface area contributed by atoms with E-state index < -0.39 is 0 Å². The van der Waals surface area contributed by atoms with E-state index in [0.717, 1.165) is 6.61 Å². The minimum atomic E-state index is 0.351. The first-order chi connectivity index (χ1) is 6.70. The molecule has 0 saturated heterocycles. The van der Waals surface area contributed by atoms with Gasteiger partial charge in [-0.2, -0.15) is 0 Å². The van der Waals surface area contributed by atoms with Gasteiger partial charge in [0.15, 0.2) is 0 Å². The number of nitrogens with zero attached hydrogens (tertiary/aromatic N) is 1. The normalized spacial score (nSPS) is 18.6. The highest BCUT2D eigenvalue weighted by atomic mass is 16.5. The zero-order chi connectivity index (χ0) is 10.0. The van der Waals surface area contributed by atoms with Crippen LogP contribution in [0.15, 0.2) is 18.3 Å². The molecule has 2 N–H and O–H groups in total. The fourth-order valence-electron chi connectivity index (χ4n) is 1.69. The van der Waals surface area contributed by atoms with Gasteiger partial charge in [0.05, 0.1) is 12.3 Å². The zero-order valence-electron chi connectivity index (χ0n) is 8.49. The number of rotatable bonds is 3. The summed E-state index contributed by atoms with van der Waals surface area (Å²) in [4.78, 5) is 4.09. The molecule has 2 rings (SSSR count). The van der Waals surface area contributed by atoms with Gasteiger partial charge in [-0.1, -0.05) is 13.3 Å². The largest absolute Gasteiger partial charge is 0.476 e. The summed E-state index contributed by atoms with van der Waals surface area (Å²) in [7, 11) is 0. The summed E-state index contributed by atoms with van der Waals surface area (Å²) in [5.41, 5.74) is 6.69. The SMILES string of the molecule is CC1(COc2ncccc2N)CCC1. The van der Waals surface area contributed by atoms with Crippen LogP contribution in [-0.4, -0.2) is 11.6 Å². The van der Waals surface area contributed by atoms with E-state index in [2.05, 4.69) is 11.9 Å². The second kappa shape index (κ2) is 3.48. The van der Waals surface area contributed by atoms with Gasteiger partial charge in [0.25, 0.3) is 0 Å². The lowest BCUT2D eigenvalue weighted by Gasteiger charge is -2.37. The maximum atomic E-state index is 5.72. The summed E-state index contributed by atoms with van der Waals surface area (Å²) >= 11 is 0. The van der Waals surface area contributed by atoms with Crippen LogP contribution < -0.4 is 10.5 Å². The molecule has 76 valence electrons. The molecular formula is C11H16N2O. The van der Waals surface area contributed by atoms with E-state index >= 15 is 0 Å². The van der Waals surface area contributed by atoms with Crippen LogP contribution in [0, 0.1) is 5.41 Å². The van der Waals surface area contributed by atoms with E-state index in [0.29, 0.717) is 17.0 Å². The Balaban J connectivity index is 1.95. The second-order valence-electron chi connectivity index (χ2n) is 4.35. The van der Waals surface area contributed by atoms with Crippen LogP contribution in [-0.2, 0) is 0 Å². The monoisotopic (exact) mass is 192 g/mol. The number of nitrogens with two attached hydrogens (primary N) is 1. The Morgan fingerprint density at radius 1 is 1.57 bits per heavy atom. The smallest absolute Gasteiger partial charge is 0.237 e. The molecule has 1 aliphatic carbocycles. The predicted molar refractivity (Wildman–Crippen MR) is 56.1 cm³/mol. The number of hydrogen-bond donors (Lipinski definition) is 1. The Hall–Kier alpha value is -1.25. The van der Waals surface area contributed by atoms with Gasteiger partial charge in [-0.05, 0) is 25.0 Å². The lowest BCUT2D eigenvalue weighted by Crippen LogP contribution is -2.32. The van der Waals surface area contributed by atoms with E-state index in [1.54, 1.807) is 6.20 Å². The summed E-state index contributed by atoms with van der Waals surface area (Å²) in [6, 6.07) is 3.62. The van der Waals surface area contributed by atoms with Gasteiger partial charge in [-0.3, -0.25) is 0 Å². The van der Waals surface area contributed by atoms with Crippen LogP contribution in [0.25, 0.3) is 0 Å². The van der Waals surface area contributed by atoms with Gasteiger partial charge in [0.1, 0.15) is 0 Å². The van der Waals surface area contributed by atoms with Crippen molar-refractivity contribution in [3.8, 4) is 5.88 Å². The first-order valence-corrected chi connectivity index (χ1v) is 5.03. The maximum Gasteiger partial charge on any atom is 0.237 e. The van der Waals surface area contributed by atoms with Crippen molar-refractivity contribution < 1.29 is 4.74 Å². The van der Waals surface area contributed by atoms with Crippen molar-refractivity contribution in [1.82, 2.24) is 4.98 Å². The van der Waals surface area contributed by atoms with Crippen molar-refractivity contribution in [3.63, 3.8) is 0 Å². The fourth-order valence-corrected chi connectivity index (χ4v) is 1.69. The summed E-state index contributed by atoms with van der Waals surface area (Å²) in [6.07, 6.45) is 5.52. The molecule has 0 radical (unpaired) electrons. The third-order valence-electron chi connectivity index (χ3n) is 2.92. The molecule has 0 bridgehead atoms. The molecule has 0 spiro atoms. The predicted octanol–water partition coefficient (Wildman–Crippen LogP) is 2.23. The van der Waals surface area contributed by atoms with E-state index in [1.807, 2.05) is 12.1 Å². The number of ether oxygens (including phenoxy) is 1. The molecule has 0 atom stereocenters. The van der Waals surface area contributed by atoms with Crippen molar-refractivity contribution >= 4 is 5.69 Å². The maximum absolute atomic E-state index is 5.72. The van der Waals surface area contributed by atoms with Crippen molar-refractivity contribution in [3.05, 3.63) is 18.3 Å². The molecule has 3 nitrogen and oxygen atoms in total. The molecule has 0 amide bonds. The van der Waals surface area contributed by atoms with E-state index in [9.17, 15) is 0 Å². The number of anilines is 1. The van der Waals surface area contributed by atoms with Gasteiger partial charge < -0.3 is 10.5 Å². The van der Waals surface area contributed by atoms with E-state index in [-0.39, 0.29) is 0 Å². The third kappa shape index (κ3) is 1.81. The second-order valence-corrected chi connectivity index (χ2v) is 4.35. The zero-order valence-corrected chi connectivity index (χ0v) is 8.49. The lowest BCUT2D eigenvalue weighted by atomic mass is 9.71. The highest BCUT2D eigenvalue weighted by molar-refractivity contribution is 5.46. The molecular weight excluding hydrogens is 176 g/mol. The Morgan fingerprint density at radius 3 is 2.93 bits per heavy atom. The van der Waals surface area contributed by atoms with E-state index in [4.69, 9.17) is 10.5 Å². The highest BCUT2D eigenvalue weighted by Gasteiger charge is 2.32. The molecule has 1 fully saturated rings. The highest BCUT2D eigenvalue weighted by Crippen LogP contribution is 2.40. The van der Waals surface area contributed by atoms with Gasteiger partial charge in [-0.15, -0.1) is 0 Å². The molecule has 1 heterocycles. The van der Waals surface area contributed by atoms with Crippen molar-refractivity contribution in [2.24, 2.45) is 5.41 Å². The first kappa shape index (κ1) is 9.31. The van der Waals surface area contributed by atoms with Gasteiger partial charge >= 0.3 is 0 Å². The molecule has 14 heavy (non-hydrogen) atoms. The Bertz CT molecular complexity index is 321. The summed E-state index contributed by atoms with van der Waals surface area (Å²) in [5.74, 6) is 0.570. The van der Waals surface area contributed by atoms with Gasteiger partial charge in [0.2, 0.25) is 5.88 Å². The molecule has 3 heteroatoms. The van der Waals surface area contributed by atoms with Crippen LogP contribution in [0.2, 0.25) is 0 Å². The molecule has 1 aromatic rings. The average Bonchev–Trinajstić information content (AvgIpc) is 2.14. The number of nitrogen functional groups attached to an aromatic ring is 1. The summed E-state index contributed by atoms with van der Waals surface area (Å²) < 4.78 is 5.61. The molecule has 1 aliphatic rings. The topological polar surface area (TPSA) is 48.1 Å². The fraction of sp³-hybridized carbons (Fsp3) is 0.545. The van der Waals surface area contributed by atoms with Crippen LogP contribution in [0.4, 0.5) is 5.69 Å². The van der Waals surface area contributed by atoms with Crippen LogP contribution in [0.1, 0.15) is 26.2 Å². The standard InChI is InChI=1S/C11H16N2O/c1-11(5-3-6-11)8-14-10-9(12)4-2-7-13-10/h2,4,7H,3,5-6,8,12H2,1H3. The number of aromatic nitrogens is 1. The lowest BCUT2D eigenvalue weighted by molar-refractivity contribution is 0.0754. The average molecular weight is 192 g/mol. The Labute approximate surface area is 84.3 Å². The molecule has 1 saturated carbocycles. The Kier molecular flexibility index (Phi) is 2.32. The molecule has 0 aromatic carbocycles. The minimum Gasteiger partial charge on any atom is -0.476 e. The molecule has 1 aromatic heterocycles. The number of pyridine rings is 1. The van der Waals surface area contributed by atoms with Gasteiger partial charge in [0, 0.05) is 11.6 Å². The number of hydrogen-bond acceptors (Lipinski definition) is 3. The third-order valence-corrected chi connectivity index (χ3v) is 2.92. The molecule has 0 unspecified atom stereocenters. The van der Waals surface area contributed by atoms with Crippen LogP contribution in [0.3, 0.4) is 0 Å². The first-order valence-electron chi connectivity index (χ1n) is 5.03. The molecule has 0 aliphatic heterocycles. The summed E-state index contributed by atoms with van der Waals surface area (Å²) in [5, 5.41) is 0. The minimum absolute atomic E-state index is 0.351. The van der Waals surface area contributed by atoms with Crippen molar-refractivity contribution in [2.45, 2.75) is 26.2 Å². The summed E-state index contributed by atoms with van der Waals surface area (Å²) in [6.45, 7) is 2.98. The quantitative estimate of drug-likeness (QED) is 0.798. The Morgan fingerprint density at radius 2 is 2.36 bits per heavy atom. The van der Waals surface area contributed by atoms with Crippen LogP contribution in [0.5, 0.6) is 5.88 Å². The van der Waals surface area contributed by atoms with Crippen LogP contribution >= 0.6 is 0 Å². The van der Waals surface area contributed by atoms with Crippen molar-refractivity contribution in [1.29, 1.82) is 0 Å². The van der Waals surface area contributed by atoms with Gasteiger partial charge in [-0.25, -0.2) is 4.98 Å². The van der Waals surface area contributed by atoms with E-state index in [1.165, 1.54) is 19.3 Å². The van der Waals surface area contributed by atoms with Crippen molar-refractivity contribution in [2.75, 3.05) is 12.3 Å².